The molecule has 4 fully saturated rings. The summed E-state index contributed by atoms with van der Waals surface area (Å²) in [6.45, 7) is 6.80. The van der Waals surface area contributed by atoms with E-state index in [0.717, 1.165) is 36.0 Å². The molecule has 0 aromatic heterocycles. The Hall–Kier alpha value is -2.58. The molecule has 1 saturated heterocycles. The van der Waals surface area contributed by atoms with Crippen LogP contribution in [-0.4, -0.2) is 57.7 Å². The van der Waals surface area contributed by atoms with Crippen LogP contribution in [0.3, 0.4) is 0 Å². The van der Waals surface area contributed by atoms with E-state index in [4.69, 9.17) is 14.2 Å². The smallest absolute Gasteiger partial charge is 0.175 e. The summed E-state index contributed by atoms with van der Waals surface area (Å²) < 4.78 is 20.9. The van der Waals surface area contributed by atoms with Gasteiger partial charge in [0.2, 0.25) is 0 Å². The van der Waals surface area contributed by atoms with Crippen molar-refractivity contribution in [2.75, 3.05) is 0 Å². The topological polar surface area (TPSA) is 88.4 Å². The molecule has 1 spiro atoms. The fourth-order valence-corrected chi connectivity index (χ4v) is 8.51. The Morgan fingerprint density at radius 2 is 1.17 bits per heavy atom. The van der Waals surface area contributed by atoms with E-state index in [1.54, 1.807) is 0 Å². The quantitative estimate of drug-likeness (QED) is 0.392. The Balaban J connectivity index is 1.37. The van der Waals surface area contributed by atoms with Crippen LogP contribution in [0.2, 0.25) is 0 Å². The molecule has 4 aliphatic rings. The van der Waals surface area contributed by atoms with Gasteiger partial charge in [0.05, 0.1) is 0 Å². The van der Waals surface area contributed by atoms with Crippen molar-refractivity contribution in [3.63, 3.8) is 0 Å². The summed E-state index contributed by atoms with van der Waals surface area (Å²) in [7, 11) is 0. The Kier molecular flexibility index (Phi) is 6.29. The number of aliphatic hydroxyl groups excluding tert-OH is 3. The summed E-state index contributed by atoms with van der Waals surface area (Å²) in [5, 5.41) is 34.0. The highest BCUT2D eigenvalue weighted by Crippen LogP contribution is 2.73. The van der Waals surface area contributed by atoms with E-state index in [1.807, 2.05) is 91.0 Å². The zero-order valence-corrected chi connectivity index (χ0v) is 23.9. The normalized spacial score (nSPS) is 39.2. The minimum Gasteiger partial charge on any atom is -0.387 e. The summed E-state index contributed by atoms with van der Waals surface area (Å²) in [5.74, 6) is -0.494. The number of aliphatic hydroxyl groups is 3. The lowest BCUT2D eigenvalue weighted by atomic mass is 9.68. The molecule has 3 saturated carbocycles. The molecule has 41 heavy (non-hydrogen) atoms. The molecule has 3 aromatic rings. The first kappa shape index (κ1) is 27.3. The molecule has 0 amide bonds. The standard InChI is InChI=1S/C35H40O6/c1-32(2)25-19-20-33(32,3)34(21-25)39-29-27(37)26(36)28(38)30(31(29)40-34)41-35(22-13-7-4-8-14-22,23-15-9-5-10-16-23)24-17-11-6-12-18-24/h4-18,25-31,36-38H,19-21H2,1-3H3/t25-,26+,27+,28-,29+,30+,31+,33-,34+/m0/s1. The van der Waals surface area contributed by atoms with E-state index >= 15 is 0 Å². The Morgan fingerprint density at radius 1 is 0.683 bits per heavy atom. The molecule has 1 heterocycles. The third-order valence-corrected chi connectivity index (χ3v) is 11.3. The van der Waals surface area contributed by atoms with Crippen molar-refractivity contribution in [1.82, 2.24) is 0 Å². The van der Waals surface area contributed by atoms with Crippen molar-refractivity contribution in [1.29, 1.82) is 0 Å². The number of rotatable bonds is 5. The number of hydrogen-bond donors (Lipinski definition) is 3. The van der Waals surface area contributed by atoms with Gasteiger partial charge < -0.3 is 29.5 Å². The van der Waals surface area contributed by atoms with Crippen LogP contribution in [0.15, 0.2) is 91.0 Å². The van der Waals surface area contributed by atoms with Gasteiger partial charge in [0, 0.05) is 11.8 Å². The Morgan fingerprint density at radius 3 is 1.61 bits per heavy atom. The lowest BCUT2D eigenvalue weighted by Crippen LogP contribution is -2.64. The van der Waals surface area contributed by atoms with Gasteiger partial charge in [0.15, 0.2) is 5.79 Å². The van der Waals surface area contributed by atoms with Crippen LogP contribution in [0.1, 0.15) is 56.7 Å². The van der Waals surface area contributed by atoms with E-state index in [-0.39, 0.29) is 10.8 Å². The second kappa shape index (κ2) is 9.46. The third-order valence-electron chi connectivity index (χ3n) is 11.3. The van der Waals surface area contributed by atoms with Crippen LogP contribution in [-0.2, 0) is 19.8 Å². The second-order valence-corrected chi connectivity index (χ2v) is 13.2. The average Bonchev–Trinajstić information content (AvgIpc) is 3.54. The molecule has 3 aromatic carbocycles. The molecule has 9 atom stereocenters. The van der Waals surface area contributed by atoms with Gasteiger partial charge in [-0.15, -0.1) is 0 Å². The van der Waals surface area contributed by atoms with Gasteiger partial charge in [0.25, 0.3) is 0 Å². The van der Waals surface area contributed by atoms with Crippen LogP contribution in [0.25, 0.3) is 0 Å². The van der Waals surface area contributed by atoms with Gasteiger partial charge in [-0.2, -0.15) is 0 Å². The molecular formula is C35H40O6. The van der Waals surface area contributed by atoms with Crippen LogP contribution >= 0.6 is 0 Å². The highest BCUT2D eigenvalue weighted by Gasteiger charge is 2.76. The van der Waals surface area contributed by atoms with Gasteiger partial charge in [-0.25, -0.2) is 0 Å². The van der Waals surface area contributed by atoms with E-state index in [0.29, 0.717) is 5.92 Å². The maximum atomic E-state index is 11.6. The molecule has 6 heteroatoms. The average molecular weight is 557 g/mol. The molecule has 3 N–H and O–H groups in total. The molecular weight excluding hydrogens is 516 g/mol. The minimum absolute atomic E-state index is 0.0130. The minimum atomic E-state index is -1.46. The van der Waals surface area contributed by atoms with E-state index in [1.165, 1.54) is 0 Å². The van der Waals surface area contributed by atoms with Crippen LogP contribution in [0, 0.1) is 16.7 Å². The van der Waals surface area contributed by atoms with Crippen molar-refractivity contribution >= 4 is 0 Å². The molecule has 216 valence electrons. The first-order valence-electron chi connectivity index (χ1n) is 14.9. The van der Waals surface area contributed by atoms with Crippen LogP contribution in [0.5, 0.6) is 0 Å². The number of benzene rings is 3. The lowest BCUT2D eigenvalue weighted by molar-refractivity contribution is -0.260. The Labute approximate surface area is 241 Å². The van der Waals surface area contributed by atoms with Crippen molar-refractivity contribution < 1.29 is 29.5 Å². The van der Waals surface area contributed by atoms with E-state index in [2.05, 4.69) is 20.8 Å². The second-order valence-electron chi connectivity index (χ2n) is 13.2. The van der Waals surface area contributed by atoms with Crippen LogP contribution < -0.4 is 0 Å². The fraction of sp³-hybridized carbons (Fsp3) is 0.486. The van der Waals surface area contributed by atoms with Gasteiger partial charge in [-0.3, -0.25) is 0 Å². The molecule has 2 bridgehead atoms. The Bertz CT molecular complexity index is 1280. The molecule has 3 aliphatic carbocycles. The van der Waals surface area contributed by atoms with E-state index < -0.39 is 48.0 Å². The molecule has 6 nitrogen and oxygen atoms in total. The predicted molar refractivity (Wildman–Crippen MR) is 154 cm³/mol. The summed E-state index contributed by atoms with van der Waals surface area (Å²) in [4.78, 5) is 0. The summed E-state index contributed by atoms with van der Waals surface area (Å²) in [5.41, 5.74) is 1.20. The molecule has 0 unspecified atom stereocenters. The van der Waals surface area contributed by atoms with Crippen molar-refractivity contribution in [2.24, 2.45) is 16.7 Å². The number of fused-ring (bicyclic) bond motifs is 4. The molecule has 1 aliphatic heterocycles. The van der Waals surface area contributed by atoms with Crippen molar-refractivity contribution in [2.45, 2.75) is 88.0 Å². The maximum Gasteiger partial charge on any atom is 0.175 e. The molecule has 7 rings (SSSR count). The largest absolute Gasteiger partial charge is 0.387 e. The predicted octanol–water partition coefficient (Wildman–Crippen LogP) is 4.79. The summed E-state index contributed by atoms with van der Waals surface area (Å²) >= 11 is 0. The zero-order valence-electron chi connectivity index (χ0n) is 23.9. The SMILES string of the molecule is CC1(C)[C@H]2CC[C@]1(C)[C@@]1(C2)O[C@@H]2[C@H](O1)[C@H](O)[C@@H](O)[C@H](O)[C@H]2OC(c1ccccc1)(c1ccccc1)c1ccccc1. The summed E-state index contributed by atoms with van der Waals surface area (Å²) in [6.07, 6.45) is -4.01. The lowest BCUT2D eigenvalue weighted by Gasteiger charge is -2.47. The third kappa shape index (κ3) is 3.65. The molecule has 0 radical (unpaired) electrons. The van der Waals surface area contributed by atoms with Gasteiger partial charge in [-0.1, -0.05) is 112 Å². The fourth-order valence-electron chi connectivity index (χ4n) is 8.51. The van der Waals surface area contributed by atoms with E-state index in [9.17, 15) is 15.3 Å². The summed E-state index contributed by atoms with van der Waals surface area (Å²) in [6, 6.07) is 29.8. The highest BCUT2D eigenvalue weighted by atomic mass is 16.8. The monoisotopic (exact) mass is 556 g/mol. The number of ether oxygens (including phenoxy) is 3. The highest BCUT2D eigenvalue weighted by molar-refractivity contribution is 5.47. The van der Waals surface area contributed by atoms with Gasteiger partial charge >= 0.3 is 0 Å². The number of hydrogen-bond acceptors (Lipinski definition) is 6. The zero-order chi connectivity index (χ0) is 28.6. The first-order valence-corrected chi connectivity index (χ1v) is 14.9. The van der Waals surface area contributed by atoms with Gasteiger partial charge in [-0.05, 0) is 40.9 Å². The van der Waals surface area contributed by atoms with Gasteiger partial charge in [0.1, 0.15) is 42.2 Å². The van der Waals surface area contributed by atoms with Crippen LogP contribution in [0.4, 0.5) is 0 Å². The maximum absolute atomic E-state index is 11.6. The van der Waals surface area contributed by atoms with Crippen molar-refractivity contribution in [3.05, 3.63) is 108 Å². The first-order chi connectivity index (χ1) is 19.6. The van der Waals surface area contributed by atoms with Crippen molar-refractivity contribution in [3.8, 4) is 0 Å².